The third-order valence-corrected chi connectivity index (χ3v) is 4.86. The Morgan fingerprint density at radius 3 is 2.77 bits per heavy atom. The average Bonchev–Trinajstić information content (AvgIpc) is 3.31. The first-order valence-corrected chi connectivity index (χ1v) is 8.82. The van der Waals surface area contributed by atoms with Gasteiger partial charge in [-0.1, -0.05) is 18.2 Å². The average molecular weight is 347 g/mol. The van der Waals surface area contributed by atoms with Crippen molar-refractivity contribution in [2.75, 3.05) is 13.1 Å². The maximum Gasteiger partial charge on any atom is 0.253 e. The lowest BCUT2D eigenvalue weighted by molar-refractivity contribution is 0.0787. The highest BCUT2D eigenvalue weighted by molar-refractivity contribution is 5.94. The quantitative estimate of drug-likeness (QED) is 0.728. The van der Waals surface area contributed by atoms with Crippen LogP contribution in [0.1, 0.15) is 22.5 Å². The van der Waals surface area contributed by atoms with Gasteiger partial charge in [-0.15, -0.1) is 0 Å². The number of amides is 1. The van der Waals surface area contributed by atoms with Crippen molar-refractivity contribution in [3.63, 3.8) is 0 Å². The van der Waals surface area contributed by atoms with E-state index in [2.05, 4.69) is 9.97 Å². The molecule has 132 valence electrons. The Morgan fingerprint density at radius 2 is 2.00 bits per heavy atom. The molecule has 1 unspecified atom stereocenters. The van der Waals surface area contributed by atoms with Gasteiger partial charge in [0, 0.05) is 31.9 Å². The maximum absolute atomic E-state index is 12.6. The van der Waals surface area contributed by atoms with Gasteiger partial charge in [0.25, 0.3) is 5.91 Å². The summed E-state index contributed by atoms with van der Waals surface area (Å²) in [5.41, 5.74) is 3.50. The van der Waals surface area contributed by atoms with Crippen LogP contribution in [0.25, 0.3) is 11.4 Å². The van der Waals surface area contributed by atoms with E-state index in [0.29, 0.717) is 5.92 Å². The van der Waals surface area contributed by atoms with Crippen LogP contribution in [0.3, 0.4) is 0 Å². The second-order valence-corrected chi connectivity index (χ2v) is 6.76. The highest BCUT2D eigenvalue weighted by Gasteiger charge is 2.27. The summed E-state index contributed by atoms with van der Waals surface area (Å²) in [6.45, 7) is 1.57. The number of benzene rings is 1. The summed E-state index contributed by atoms with van der Waals surface area (Å²) in [7, 11) is 1.95. The van der Waals surface area contributed by atoms with Crippen LogP contribution in [0.2, 0.25) is 0 Å². The molecule has 0 radical (unpaired) electrons. The molecule has 1 aliphatic heterocycles. The van der Waals surface area contributed by atoms with Crippen LogP contribution in [0.15, 0.2) is 55.2 Å². The van der Waals surface area contributed by atoms with Gasteiger partial charge in [-0.05, 0) is 30.9 Å². The third-order valence-electron chi connectivity index (χ3n) is 4.86. The first-order valence-electron chi connectivity index (χ1n) is 8.82. The number of nitrogens with zero attached hydrogens (tertiary/aromatic N) is 5. The highest BCUT2D eigenvalue weighted by atomic mass is 16.2. The second kappa shape index (κ2) is 7.07. The minimum atomic E-state index is 0.114. The Labute approximate surface area is 152 Å². The zero-order chi connectivity index (χ0) is 17.9. The maximum atomic E-state index is 12.6. The van der Waals surface area contributed by atoms with Crippen LogP contribution in [-0.4, -0.2) is 43.4 Å². The SMILES string of the molecule is Cn1cncc1-c1cncc(CC2CCN(C(=O)c3ccccc3)C2)n1. The second-order valence-electron chi connectivity index (χ2n) is 6.76. The van der Waals surface area contributed by atoms with Gasteiger partial charge < -0.3 is 9.47 Å². The molecular weight excluding hydrogens is 326 g/mol. The molecule has 6 heteroatoms. The number of rotatable bonds is 4. The number of hydrogen-bond acceptors (Lipinski definition) is 4. The summed E-state index contributed by atoms with van der Waals surface area (Å²) in [5, 5.41) is 0. The molecule has 0 aliphatic carbocycles. The summed E-state index contributed by atoms with van der Waals surface area (Å²) in [6, 6.07) is 9.48. The van der Waals surface area contributed by atoms with Crippen molar-refractivity contribution in [2.24, 2.45) is 13.0 Å². The molecular formula is C20H21N5O. The van der Waals surface area contributed by atoms with Crippen LogP contribution in [0.4, 0.5) is 0 Å². The number of aryl methyl sites for hydroxylation is 1. The molecule has 0 N–H and O–H groups in total. The molecule has 1 fully saturated rings. The predicted molar refractivity (Wildman–Crippen MR) is 98.4 cm³/mol. The van der Waals surface area contributed by atoms with E-state index in [1.54, 1.807) is 18.7 Å². The third kappa shape index (κ3) is 3.35. The van der Waals surface area contributed by atoms with E-state index in [4.69, 9.17) is 4.98 Å². The molecule has 3 aromatic rings. The highest BCUT2D eigenvalue weighted by Crippen LogP contribution is 2.23. The molecule has 1 aliphatic rings. The van der Waals surface area contributed by atoms with E-state index in [0.717, 1.165) is 48.6 Å². The predicted octanol–water partition coefficient (Wildman–Crippen LogP) is 2.58. The number of carbonyl (C=O) groups excluding carboxylic acids is 1. The Morgan fingerprint density at radius 1 is 1.15 bits per heavy atom. The number of imidazole rings is 1. The lowest BCUT2D eigenvalue weighted by atomic mass is 10.0. The number of carbonyl (C=O) groups is 1. The molecule has 1 atom stereocenters. The fourth-order valence-corrected chi connectivity index (χ4v) is 3.47. The molecule has 3 heterocycles. The van der Waals surface area contributed by atoms with Crippen molar-refractivity contribution >= 4 is 5.91 Å². The van der Waals surface area contributed by atoms with Gasteiger partial charge in [0.05, 0.1) is 30.1 Å². The molecule has 26 heavy (non-hydrogen) atoms. The summed E-state index contributed by atoms with van der Waals surface area (Å²) < 4.78 is 1.93. The molecule has 6 nitrogen and oxygen atoms in total. The van der Waals surface area contributed by atoms with E-state index in [1.165, 1.54) is 0 Å². The smallest absolute Gasteiger partial charge is 0.253 e. The van der Waals surface area contributed by atoms with Crippen molar-refractivity contribution in [2.45, 2.75) is 12.8 Å². The van der Waals surface area contributed by atoms with Gasteiger partial charge in [-0.25, -0.2) is 9.97 Å². The van der Waals surface area contributed by atoms with Crippen LogP contribution < -0.4 is 0 Å². The molecule has 0 bridgehead atoms. The van der Waals surface area contributed by atoms with Gasteiger partial charge in [0.2, 0.25) is 0 Å². The number of aromatic nitrogens is 4. The first kappa shape index (κ1) is 16.4. The van der Waals surface area contributed by atoms with Crippen molar-refractivity contribution in [3.05, 3.63) is 66.5 Å². The summed E-state index contributed by atoms with van der Waals surface area (Å²) >= 11 is 0. The normalized spacial score (nSPS) is 16.8. The van der Waals surface area contributed by atoms with E-state index >= 15 is 0 Å². The fraction of sp³-hybridized carbons (Fsp3) is 0.300. The molecule has 1 aromatic carbocycles. The number of hydrogen-bond donors (Lipinski definition) is 0. The molecule has 0 saturated carbocycles. The van der Waals surface area contributed by atoms with Crippen molar-refractivity contribution in [3.8, 4) is 11.4 Å². The van der Waals surface area contributed by atoms with Crippen LogP contribution in [-0.2, 0) is 13.5 Å². The molecule has 2 aromatic heterocycles. The van der Waals surface area contributed by atoms with Crippen LogP contribution in [0.5, 0.6) is 0 Å². The van der Waals surface area contributed by atoms with Crippen molar-refractivity contribution in [1.29, 1.82) is 0 Å². The zero-order valence-corrected chi connectivity index (χ0v) is 14.7. The minimum absolute atomic E-state index is 0.114. The van der Waals surface area contributed by atoms with Gasteiger partial charge >= 0.3 is 0 Å². The minimum Gasteiger partial charge on any atom is -0.338 e. The van der Waals surface area contributed by atoms with Crippen molar-refractivity contribution in [1.82, 2.24) is 24.4 Å². The van der Waals surface area contributed by atoms with Gasteiger partial charge in [-0.3, -0.25) is 9.78 Å². The van der Waals surface area contributed by atoms with Crippen LogP contribution >= 0.6 is 0 Å². The van der Waals surface area contributed by atoms with Crippen LogP contribution in [0, 0.1) is 5.92 Å². The lowest BCUT2D eigenvalue weighted by Crippen LogP contribution is -2.28. The largest absolute Gasteiger partial charge is 0.338 e. The summed E-state index contributed by atoms with van der Waals surface area (Å²) in [4.78, 5) is 27.7. The van der Waals surface area contributed by atoms with Crippen molar-refractivity contribution < 1.29 is 4.79 Å². The molecule has 1 saturated heterocycles. The summed E-state index contributed by atoms with van der Waals surface area (Å²) in [6.07, 6.45) is 8.97. The topological polar surface area (TPSA) is 63.9 Å². The van der Waals surface area contributed by atoms with Gasteiger partial charge in [0.15, 0.2) is 0 Å². The number of likely N-dealkylation sites (tertiary alicyclic amines) is 1. The molecule has 0 spiro atoms. The Kier molecular flexibility index (Phi) is 4.48. The lowest BCUT2D eigenvalue weighted by Gasteiger charge is -2.16. The fourth-order valence-electron chi connectivity index (χ4n) is 3.47. The molecule has 4 rings (SSSR count). The Hall–Kier alpha value is -3.02. The Bertz CT molecular complexity index is 905. The zero-order valence-electron chi connectivity index (χ0n) is 14.7. The van der Waals surface area contributed by atoms with Gasteiger partial charge in [-0.2, -0.15) is 0 Å². The van der Waals surface area contributed by atoms with E-state index in [-0.39, 0.29) is 5.91 Å². The molecule has 1 amide bonds. The first-order chi connectivity index (χ1) is 12.7. The van der Waals surface area contributed by atoms with E-state index in [1.807, 2.05) is 53.0 Å². The standard InChI is InChI=1S/C20H21N5O/c1-24-14-22-12-19(24)18-11-21-10-17(23-18)9-15-7-8-25(13-15)20(26)16-5-3-2-4-6-16/h2-6,10-12,14-15H,7-9,13H2,1H3. The van der Waals surface area contributed by atoms with E-state index < -0.39 is 0 Å². The summed E-state index contributed by atoms with van der Waals surface area (Å²) in [5.74, 6) is 0.529. The Balaban J connectivity index is 1.43. The van der Waals surface area contributed by atoms with E-state index in [9.17, 15) is 4.79 Å². The monoisotopic (exact) mass is 347 g/mol. The van der Waals surface area contributed by atoms with Gasteiger partial charge in [0.1, 0.15) is 5.69 Å².